The smallest absolute Gasteiger partial charge is 0.409 e. The highest BCUT2D eigenvalue weighted by molar-refractivity contribution is 5.81. The number of methoxy groups -OCH3 is 1. The number of piperazine rings is 1. The highest BCUT2D eigenvalue weighted by atomic mass is 19.1. The van der Waals surface area contributed by atoms with Crippen LogP contribution in [0.25, 0.3) is 16.8 Å². The molecular formula is C20H22FN5O3. The maximum absolute atomic E-state index is 13.8. The molecule has 1 aromatic carbocycles. The van der Waals surface area contributed by atoms with Gasteiger partial charge < -0.3 is 19.3 Å². The van der Waals surface area contributed by atoms with E-state index in [1.807, 2.05) is 12.3 Å². The highest BCUT2D eigenvalue weighted by Gasteiger charge is 2.23. The van der Waals surface area contributed by atoms with E-state index in [1.165, 1.54) is 12.1 Å². The monoisotopic (exact) mass is 399 g/mol. The molecule has 8 nitrogen and oxygen atoms in total. The van der Waals surface area contributed by atoms with Gasteiger partial charge in [0.2, 0.25) is 0 Å². The number of benzene rings is 1. The van der Waals surface area contributed by atoms with Crippen LogP contribution in [-0.4, -0.2) is 65.5 Å². The number of fused-ring (bicyclic) bond motifs is 1. The zero-order valence-corrected chi connectivity index (χ0v) is 16.3. The average molecular weight is 399 g/mol. The van der Waals surface area contributed by atoms with E-state index in [0.29, 0.717) is 55.3 Å². The molecule has 1 amide bonds. The quantitative estimate of drug-likeness (QED) is 0.672. The summed E-state index contributed by atoms with van der Waals surface area (Å²) >= 11 is 0. The van der Waals surface area contributed by atoms with Crippen LogP contribution in [0.4, 0.5) is 15.0 Å². The third kappa shape index (κ3) is 3.67. The van der Waals surface area contributed by atoms with Crippen LogP contribution in [0.3, 0.4) is 0 Å². The Morgan fingerprint density at radius 2 is 1.97 bits per heavy atom. The zero-order valence-electron chi connectivity index (χ0n) is 16.3. The maximum atomic E-state index is 13.8. The first kappa shape index (κ1) is 19.0. The molecule has 3 aromatic rings. The van der Waals surface area contributed by atoms with Crippen LogP contribution in [0.2, 0.25) is 0 Å². The summed E-state index contributed by atoms with van der Waals surface area (Å²) in [4.78, 5) is 20.4. The molecule has 0 radical (unpaired) electrons. The van der Waals surface area contributed by atoms with Crippen LogP contribution < -0.4 is 9.64 Å². The summed E-state index contributed by atoms with van der Waals surface area (Å²) in [6.07, 6.45) is 3.19. The lowest BCUT2D eigenvalue weighted by Crippen LogP contribution is -2.49. The van der Waals surface area contributed by atoms with Crippen LogP contribution in [0.15, 0.2) is 36.7 Å². The minimum absolute atomic E-state index is 0.285. The van der Waals surface area contributed by atoms with Crippen molar-refractivity contribution in [3.8, 4) is 16.9 Å². The zero-order chi connectivity index (χ0) is 20.4. The van der Waals surface area contributed by atoms with Crippen molar-refractivity contribution in [3.63, 3.8) is 0 Å². The summed E-state index contributed by atoms with van der Waals surface area (Å²) in [6, 6.07) is 6.25. The predicted molar refractivity (Wildman–Crippen MR) is 106 cm³/mol. The fraction of sp³-hybridized carbons (Fsp3) is 0.350. The lowest BCUT2D eigenvalue weighted by Gasteiger charge is -2.34. The molecule has 0 bridgehead atoms. The highest BCUT2D eigenvalue weighted by Crippen LogP contribution is 2.33. The molecular weight excluding hydrogens is 377 g/mol. The number of halogens is 1. The van der Waals surface area contributed by atoms with Crippen LogP contribution in [0.1, 0.15) is 6.92 Å². The number of ether oxygens (including phenoxy) is 2. The lowest BCUT2D eigenvalue weighted by atomic mass is 10.1. The van der Waals surface area contributed by atoms with Gasteiger partial charge >= 0.3 is 6.09 Å². The van der Waals surface area contributed by atoms with Crippen molar-refractivity contribution in [2.45, 2.75) is 6.92 Å². The fourth-order valence-corrected chi connectivity index (χ4v) is 3.45. The molecule has 3 heterocycles. The number of rotatable bonds is 4. The van der Waals surface area contributed by atoms with Gasteiger partial charge in [0, 0.05) is 37.9 Å². The number of carbonyl (C=O) groups is 1. The van der Waals surface area contributed by atoms with Gasteiger partial charge in [-0.1, -0.05) is 0 Å². The van der Waals surface area contributed by atoms with E-state index in [-0.39, 0.29) is 11.9 Å². The molecule has 0 N–H and O–H groups in total. The topological polar surface area (TPSA) is 72.2 Å². The van der Waals surface area contributed by atoms with Gasteiger partial charge in [0.15, 0.2) is 5.65 Å². The van der Waals surface area contributed by atoms with Crippen molar-refractivity contribution in [3.05, 3.63) is 42.5 Å². The van der Waals surface area contributed by atoms with Crippen molar-refractivity contribution in [1.82, 2.24) is 19.5 Å². The third-order valence-electron chi connectivity index (χ3n) is 4.94. The van der Waals surface area contributed by atoms with Gasteiger partial charge in [-0.3, -0.25) is 0 Å². The Bertz CT molecular complexity index is 1030. The van der Waals surface area contributed by atoms with Crippen molar-refractivity contribution < 1.29 is 18.7 Å². The minimum atomic E-state index is -0.355. The Kier molecular flexibility index (Phi) is 5.20. The number of hydrogen-bond acceptors (Lipinski definition) is 6. The summed E-state index contributed by atoms with van der Waals surface area (Å²) in [5.74, 6) is 0.973. The third-order valence-corrected chi connectivity index (χ3v) is 4.94. The van der Waals surface area contributed by atoms with E-state index in [2.05, 4.69) is 10.00 Å². The Balaban J connectivity index is 1.62. The second-order valence-corrected chi connectivity index (χ2v) is 6.63. The summed E-state index contributed by atoms with van der Waals surface area (Å²) in [5, 5.41) is 4.33. The number of amides is 1. The van der Waals surface area contributed by atoms with E-state index < -0.39 is 0 Å². The number of carbonyl (C=O) groups excluding carboxylic acids is 1. The summed E-state index contributed by atoms with van der Waals surface area (Å²) < 4.78 is 25.9. The number of hydrogen-bond donors (Lipinski definition) is 0. The van der Waals surface area contributed by atoms with Gasteiger partial charge in [0.25, 0.3) is 0 Å². The van der Waals surface area contributed by atoms with Gasteiger partial charge in [0.05, 0.1) is 25.5 Å². The molecule has 2 aromatic heterocycles. The molecule has 0 aliphatic carbocycles. The van der Waals surface area contributed by atoms with Crippen LogP contribution in [0, 0.1) is 5.82 Å². The first-order valence-corrected chi connectivity index (χ1v) is 9.45. The second-order valence-electron chi connectivity index (χ2n) is 6.63. The van der Waals surface area contributed by atoms with E-state index in [4.69, 9.17) is 14.5 Å². The first-order valence-electron chi connectivity index (χ1n) is 9.45. The van der Waals surface area contributed by atoms with Crippen molar-refractivity contribution >= 4 is 17.6 Å². The van der Waals surface area contributed by atoms with E-state index in [0.717, 1.165) is 5.82 Å². The molecule has 1 saturated heterocycles. The predicted octanol–water partition coefficient (Wildman–Crippen LogP) is 2.82. The van der Waals surface area contributed by atoms with Crippen LogP contribution >= 0.6 is 0 Å². The molecule has 0 saturated carbocycles. The normalized spacial score (nSPS) is 14.3. The Hall–Kier alpha value is -3.36. The van der Waals surface area contributed by atoms with Gasteiger partial charge in [-0.2, -0.15) is 5.10 Å². The second kappa shape index (κ2) is 7.94. The SMILES string of the molecule is CCOC(=O)N1CCN(c2ccn3ncc(-c4cc(F)ccc4OC)c3n2)CC1. The minimum Gasteiger partial charge on any atom is -0.496 e. The van der Waals surface area contributed by atoms with Gasteiger partial charge in [-0.05, 0) is 31.2 Å². The van der Waals surface area contributed by atoms with Crippen molar-refractivity contribution in [1.29, 1.82) is 0 Å². The average Bonchev–Trinajstić information content (AvgIpc) is 3.17. The molecule has 9 heteroatoms. The van der Waals surface area contributed by atoms with Gasteiger partial charge in [-0.15, -0.1) is 0 Å². The molecule has 0 unspecified atom stereocenters. The fourth-order valence-electron chi connectivity index (χ4n) is 3.45. The molecule has 0 atom stereocenters. The molecule has 1 aliphatic heterocycles. The lowest BCUT2D eigenvalue weighted by molar-refractivity contribution is 0.105. The first-order chi connectivity index (χ1) is 14.1. The summed E-state index contributed by atoms with van der Waals surface area (Å²) in [5.41, 5.74) is 1.90. The number of anilines is 1. The molecule has 0 spiro atoms. The van der Waals surface area contributed by atoms with E-state index in [1.54, 1.807) is 35.7 Å². The standard InChI is InChI=1S/C20H22FN5O3/c1-3-29-20(27)25-10-8-24(9-11-25)18-6-7-26-19(23-18)16(13-22-26)15-12-14(21)4-5-17(15)28-2/h4-7,12-13H,3,8-11H2,1-2H3. The number of aromatic nitrogens is 3. The molecule has 4 rings (SSSR count). The van der Waals surface area contributed by atoms with Gasteiger partial charge in [-0.25, -0.2) is 18.7 Å². The van der Waals surface area contributed by atoms with Crippen LogP contribution in [-0.2, 0) is 4.74 Å². The van der Waals surface area contributed by atoms with Crippen LogP contribution in [0.5, 0.6) is 5.75 Å². The number of nitrogens with zero attached hydrogens (tertiary/aromatic N) is 5. The summed E-state index contributed by atoms with van der Waals surface area (Å²) in [7, 11) is 1.55. The van der Waals surface area contributed by atoms with Crippen molar-refractivity contribution in [2.75, 3.05) is 44.8 Å². The molecule has 1 aliphatic rings. The van der Waals surface area contributed by atoms with E-state index in [9.17, 15) is 9.18 Å². The van der Waals surface area contributed by atoms with Gasteiger partial charge in [0.1, 0.15) is 17.4 Å². The molecule has 1 fully saturated rings. The summed E-state index contributed by atoms with van der Waals surface area (Å²) in [6.45, 7) is 4.59. The Labute approximate surface area is 167 Å². The Morgan fingerprint density at radius 1 is 1.17 bits per heavy atom. The molecule has 29 heavy (non-hydrogen) atoms. The van der Waals surface area contributed by atoms with E-state index >= 15 is 0 Å². The van der Waals surface area contributed by atoms with Crippen molar-refractivity contribution in [2.24, 2.45) is 0 Å². The Morgan fingerprint density at radius 3 is 2.69 bits per heavy atom. The molecule has 152 valence electrons. The maximum Gasteiger partial charge on any atom is 0.409 e. The largest absolute Gasteiger partial charge is 0.496 e.